The zero-order valence-corrected chi connectivity index (χ0v) is 15.8. The van der Waals surface area contributed by atoms with Crippen LogP contribution >= 0.6 is 11.3 Å². The van der Waals surface area contributed by atoms with Gasteiger partial charge in [0.25, 0.3) is 10.0 Å². The second-order valence-electron chi connectivity index (χ2n) is 6.05. The van der Waals surface area contributed by atoms with Crippen molar-refractivity contribution in [1.29, 1.82) is 0 Å². The normalized spacial score (nSPS) is 12.8. The summed E-state index contributed by atoms with van der Waals surface area (Å²) >= 11 is 1.39. The predicted molar refractivity (Wildman–Crippen MR) is 103 cm³/mol. The van der Waals surface area contributed by atoms with Crippen LogP contribution in [0, 0.1) is 0 Å². The molecule has 0 spiro atoms. The van der Waals surface area contributed by atoms with Gasteiger partial charge in [-0.15, -0.1) is 11.0 Å². The van der Waals surface area contributed by atoms with Crippen molar-refractivity contribution in [3.63, 3.8) is 0 Å². The quantitative estimate of drug-likeness (QED) is 0.627. The number of allylic oxidation sites excluding steroid dienone is 1. The van der Waals surface area contributed by atoms with Crippen LogP contribution in [0.5, 0.6) is 0 Å². The SMILES string of the molecule is C=CCn1/c(=N/S(=O)(=O)c2ccccc2)sc2cc(C(C)C)ccc21. The molecule has 130 valence electrons. The Balaban J connectivity index is 2.24. The van der Waals surface area contributed by atoms with Gasteiger partial charge in [0, 0.05) is 6.54 Å². The molecule has 25 heavy (non-hydrogen) atoms. The minimum atomic E-state index is -3.75. The van der Waals surface area contributed by atoms with E-state index in [0.717, 1.165) is 10.2 Å². The molecule has 1 heterocycles. The van der Waals surface area contributed by atoms with Crippen LogP contribution in [-0.2, 0) is 16.6 Å². The van der Waals surface area contributed by atoms with E-state index in [1.807, 2.05) is 10.6 Å². The summed E-state index contributed by atoms with van der Waals surface area (Å²) in [4.78, 5) is 0.653. The average Bonchev–Trinajstić information content (AvgIpc) is 2.92. The largest absolute Gasteiger partial charge is 0.312 e. The number of benzene rings is 2. The molecule has 0 aliphatic heterocycles. The first-order valence-corrected chi connectivity index (χ1v) is 10.3. The molecule has 6 heteroatoms. The van der Waals surface area contributed by atoms with Gasteiger partial charge >= 0.3 is 0 Å². The molecule has 0 unspecified atom stereocenters. The summed E-state index contributed by atoms with van der Waals surface area (Å²) in [6, 6.07) is 14.5. The third-order valence-corrected chi connectivity index (χ3v) is 6.36. The fraction of sp³-hybridized carbons (Fsp3) is 0.211. The third kappa shape index (κ3) is 3.60. The summed E-state index contributed by atoms with van der Waals surface area (Å²) in [7, 11) is -3.75. The number of hydrogen-bond acceptors (Lipinski definition) is 3. The van der Waals surface area contributed by atoms with E-state index in [1.165, 1.54) is 16.9 Å². The van der Waals surface area contributed by atoms with E-state index in [4.69, 9.17) is 0 Å². The van der Waals surface area contributed by atoms with Crippen LogP contribution < -0.4 is 4.80 Å². The summed E-state index contributed by atoms with van der Waals surface area (Å²) in [6.07, 6.45) is 1.75. The molecule has 4 nitrogen and oxygen atoms in total. The second-order valence-corrected chi connectivity index (χ2v) is 8.66. The van der Waals surface area contributed by atoms with Crippen molar-refractivity contribution < 1.29 is 8.42 Å². The van der Waals surface area contributed by atoms with E-state index >= 15 is 0 Å². The van der Waals surface area contributed by atoms with Crippen molar-refractivity contribution in [2.24, 2.45) is 4.40 Å². The van der Waals surface area contributed by atoms with Crippen molar-refractivity contribution in [1.82, 2.24) is 4.57 Å². The highest BCUT2D eigenvalue weighted by Crippen LogP contribution is 2.24. The molecule has 0 saturated carbocycles. The lowest BCUT2D eigenvalue weighted by molar-refractivity contribution is 0.596. The lowest BCUT2D eigenvalue weighted by atomic mass is 10.0. The first-order chi connectivity index (χ1) is 11.9. The van der Waals surface area contributed by atoms with E-state index in [1.54, 1.807) is 36.4 Å². The molecule has 0 fully saturated rings. The molecule has 0 atom stereocenters. The Morgan fingerprint density at radius 2 is 1.92 bits per heavy atom. The molecule has 0 radical (unpaired) electrons. The maximum absolute atomic E-state index is 12.6. The van der Waals surface area contributed by atoms with Gasteiger partial charge in [0.2, 0.25) is 4.80 Å². The number of nitrogens with zero attached hydrogens (tertiary/aromatic N) is 2. The lowest BCUT2D eigenvalue weighted by Gasteiger charge is -2.06. The molecule has 0 aliphatic rings. The number of thiazole rings is 1. The zero-order valence-electron chi connectivity index (χ0n) is 14.2. The van der Waals surface area contributed by atoms with Crippen molar-refractivity contribution in [2.75, 3.05) is 0 Å². The summed E-state index contributed by atoms with van der Waals surface area (Å²) in [5.74, 6) is 0.410. The Labute approximate surface area is 151 Å². The predicted octanol–water partition coefficient (Wildman–Crippen LogP) is 4.30. The molecule has 3 rings (SSSR count). The number of aromatic nitrogens is 1. The third-order valence-electron chi connectivity index (χ3n) is 3.92. The maximum atomic E-state index is 12.6. The first-order valence-electron chi connectivity index (χ1n) is 8.02. The highest BCUT2D eigenvalue weighted by Gasteiger charge is 2.14. The van der Waals surface area contributed by atoms with Gasteiger partial charge in [0.05, 0.1) is 15.1 Å². The summed E-state index contributed by atoms with van der Waals surface area (Å²) in [5, 5.41) is 0. The topological polar surface area (TPSA) is 51.4 Å². The fourth-order valence-electron chi connectivity index (χ4n) is 2.57. The van der Waals surface area contributed by atoms with Gasteiger partial charge in [0.15, 0.2) is 0 Å². The van der Waals surface area contributed by atoms with Gasteiger partial charge in [-0.05, 0) is 35.7 Å². The van der Waals surface area contributed by atoms with Crippen LogP contribution in [0.1, 0.15) is 25.3 Å². The van der Waals surface area contributed by atoms with Crippen molar-refractivity contribution in [3.8, 4) is 0 Å². The van der Waals surface area contributed by atoms with Gasteiger partial charge in [0.1, 0.15) is 0 Å². The lowest BCUT2D eigenvalue weighted by Crippen LogP contribution is -2.16. The molecule has 0 N–H and O–H groups in total. The van der Waals surface area contributed by atoms with Gasteiger partial charge in [-0.2, -0.15) is 8.42 Å². The molecular formula is C19H20N2O2S2. The summed E-state index contributed by atoms with van der Waals surface area (Å²) < 4.78 is 32.2. The van der Waals surface area contributed by atoms with Crippen LogP contribution in [0.25, 0.3) is 10.2 Å². The van der Waals surface area contributed by atoms with Crippen molar-refractivity contribution in [3.05, 3.63) is 71.6 Å². The van der Waals surface area contributed by atoms with Gasteiger partial charge < -0.3 is 4.57 Å². The second kappa shape index (κ2) is 6.98. The van der Waals surface area contributed by atoms with Crippen LogP contribution in [-0.4, -0.2) is 13.0 Å². The van der Waals surface area contributed by atoms with Crippen molar-refractivity contribution >= 4 is 31.6 Å². The molecule has 0 amide bonds. The van der Waals surface area contributed by atoms with Crippen molar-refractivity contribution in [2.45, 2.75) is 31.2 Å². The summed E-state index contributed by atoms with van der Waals surface area (Å²) in [6.45, 7) is 8.55. The molecule has 0 saturated heterocycles. The monoisotopic (exact) mass is 372 g/mol. The Morgan fingerprint density at radius 3 is 2.56 bits per heavy atom. The molecule has 2 aromatic carbocycles. The van der Waals surface area contributed by atoms with E-state index in [2.05, 4.69) is 37.0 Å². The number of sulfonamides is 1. The molecule has 3 aromatic rings. The molecular weight excluding hydrogens is 352 g/mol. The van der Waals surface area contributed by atoms with E-state index in [9.17, 15) is 8.42 Å². The summed E-state index contributed by atoms with van der Waals surface area (Å²) in [5.41, 5.74) is 2.19. The smallest absolute Gasteiger partial charge is 0.285 e. The Morgan fingerprint density at radius 1 is 1.20 bits per heavy atom. The standard InChI is InChI=1S/C19H20N2O2S2/c1-4-12-21-17-11-10-15(14(2)3)13-18(17)24-19(21)20-25(22,23)16-8-6-5-7-9-16/h4-11,13-14H,1,12H2,2-3H3/b20-19-. The fourth-order valence-corrected chi connectivity index (χ4v) is 4.88. The van der Waals surface area contributed by atoms with Gasteiger partial charge in [-0.1, -0.05) is 55.5 Å². The van der Waals surface area contributed by atoms with E-state index in [0.29, 0.717) is 17.3 Å². The van der Waals surface area contributed by atoms with Crippen LogP contribution in [0.2, 0.25) is 0 Å². The Bertz CT molecular complexity index is 1080. The number of rotatable bonds is 5. The minimum Gasteiger partial charge on any atom is -0.312 e. The average molecular weight is 373 g/mol. The van der Waals surface area contributed by atoms with Crippen LogP contribution in [0.15, 0.2) is 70.5 Å². The number of hydrogen-bond donors (Lipinski definition) is 0. The first kappa shape index (κ1) is 17.6. The highest BCUT2D eigenvalue weighted by molar-refractivity contribution is 7.90. The van der Waals surface area contributed by atoms with E-state index < -0.39 is 10.0 Å². The van der Waals surface area contributed by atoms with Crippen LogP contribution in [0.4, 0.5) is 0 Å². The Hall–Kier alpha value is -2.18. The van der Waals surface area contributed by atoms with Gasteiger partial charge in [-0.25, -0.2) is 0 Å². The minimum absolute atomic E-state index is 0.195. The van der Waals surface area contributed by atoms with Crippen LogP contribution in [0.3, 0.4) is 0 Å². The molecule has 0 aliphatic carbocycles. The Kier molecular flexibility index (Phi) is 4.92. The van der Waals surface area contributed by atoms with E-state index in [-0.39, 0.29) is 4.90 Å². The highest BCUT2D eigenvalue weighted by atomic mass is 32.2. The number of fused-ring (bicyclic) bond motifs is 1. The van der Waals surface area contributed by atoms with Gasteiger partial charge in [-0.3, -0.25) is 0 Å². The maximum Gasteiger partial charge on any atom is 0.285 e. The molecule has 0 bridgehead atoms. The molecule has 1 aromatic heterocycles. The zero-order chi connectivity index (χ0) is 18.0.